The van der Waals surface area contributed by atoms with Crippen LogP contribution in [0.4, 0.5) is 14.5 Å². The zero-order valence-electron chi connectivity index (χ0n) is 18.5. The molecule has 0 bridgehead atoms. The van der Waals surface area contributed by atoms with Gasteiger partial charge in [0.05, 0.1) is 23.2 Å². The number of hydrogen-bond acceptors (Lipinski definition) is 5. The highest BCUT2D eigenvalue weighted by Crippen LogP contribution is 2.50. The highest BCUT2D eigenvalue weighted by molar-refractivity contribution is 6.03. The third-order valence-electron chi connectivity index (χ3n) is 6.58. The molecule has 0 N–H and O–H groups in total. The maximum atomic E-state index is 15.2. The van der Waals surface area contributed by atoms with Crippen LogP contribution in [-0.2, 0) is 4.79 Å². The number of benzene rings is 2. The van der Waals surface area contributed by atoms with Gasteiger partial charge in [-0.05, 0) is 54.8 Å². The summed E-state index contributed by atoms with van der Waals surface area (Å²) < 4.78 is 41.7. The van der Waals surface area contributed by atoms with Gasteiger partial charge in [-0.15, -0.1) is 0 Å². The summed E-state index contributed by atoms with van der Waals surface area (Å²) in [6.45, 7) is 0.101. The zero-order chi connectivity index (χ0) is 24.1. The van der Waals surface area contributed by atoms with Crippen LogP contribution in [0.2, 0.25) is 0 Å². The quantitative estimate of drug-likeness (QED) is 0.505. The zero-order valence-corrected chi connectivity index (χ0v) is 18.5. The average molecular weight is 471 g/mol. The van der Waals surface area contributed by atoms with E-state index in [0.717, 1.165) is 6.07 Å². The fraction of sp³-hybridized carbons (Fsp3) is 0.185. The Labute approximate surface area is 199 Å². The number of Topliss-reactive ketones (excluding diaryl/α,β-unsaturated/α-hetero) is 1. The lowest BCUT2D eigenvalue weighted by Crippen LogP contribution is -2.37. The molecule has 3 aromatic rings. The Morgan fingerprint density at radius 3 is 2.57 bits per heavy atom. The first-order chi connectivity index (χ1) is 17.1. The molecule has 8 heteroatoms. The molecule has 1 unspecified atom stereocenters. The Morgan fingerprint density at radius 1 is 1.00 bits per heavy atom. The molecule has 3 heterocycles. The maximum absolute atomic E-state index is 15.2. The lowest BCUT2D eigenvalue weighted by molar-refractivity contribution is -0.116. The second kappa shape index (κ2) is 8.13. The second-order valence-electron chi connectivity index (χ2n) is 8.55. The second-order valence-corrected chi connectivity index (χ2v) is 8.55. The van der Waals surface area contributed by atoms with Crippen LogP contribution in [0.5, 0.6) is 11.5 Å². The van der Waals surface area contributed by atoms with Crippen molar-refractivity contribution in [2.24, 2.45) is 0 Å². The van der Waals surface area contributed by atoms with Crippen molar-refractivity contribution in [2.45, 2.75) is 25.2 Å². The van der Waals surface area contributed by atoms with E-state index in [2.05, 4.69) is 6.07 Å². The number of carbonyl (C=O) groups is 1. The van der Waals surface area contributed by atoms with E-state index < -0.39 is 17.6 Å². The maximum Gasteiger partial charge on any atom is 0.231 e. The topological polar surface area (TPSA) is 67.5 Å². The molecule has 2 aromatic carbocycles. The van der Waals surface area contributed by atoms with Gasteiger partial charge in [0.2, 0.25) is 6.79 Å². The van der Waals surface area contributed by atoms with E-state index in [0.29, 0.717) is 53.4 Å². The molecule has 0 fully saturated rings. The summed E-state index contributed by atoms with van der Waals surface area (Å²) in [5.41, 5.74) is 2.12. The molecule has 174 valence electrons. The highest BCUT2D eigenvalue weighted by Gasteiger charge is 2.42. The van der Waals surface area contributed by atoms with E-state index in [9.17, 15) is 14.4 Å². The van der Waals surface area contributed by atoms with Crippen LogP contribution in [0.1, 0.15) is 30.7 Å². The summed E-state index contributed by atoms with van der Waals surface area (Å²) in [5.74, 6) is -0.716. The Bertz CT molecular complexity index is 1470. The molecule has 1 atom stereocenters. The number of anilines is 1. The van der Waals surface area contributed by atoms with Crippen LogP contribution in [0.3, 0.4) is 0 Å². The van der Waals surface area contributed by atoms with Crippen LogP contribution in [0.25, 0.3) is 5.82 Å². The van der Waals surface area contributed by atoms with Crippen LogP contribution >= 0.6 is 0 Å². The van der Waals surface area contributed by atoms with Crippen molar-refractivity contribution in [3.8, 4) is 17.6 Å². The van der Waals surface area contributed by atoms with Gasteiger partial charge in [0, 0.05) is 36.2 Å². The van der Waals surface area contributed by atoms with Gasteiger partial charge in [-0.25, -0.2) is 8.78 Å². The molecule has 3 aliphatic rings. The standard InChI is InChI=1S/C27H19F2N3O3/c28-17-7-8-20(19(29)13-17)32-21-4-3-5-22(33)26(21)25(16-6-9-23-24(12-16)35-15-34-23)18(14-30)27(32)31-10-1-2-11-31/h1-2,6-13,25H,3-5,15H2. The Hall–Kier alpha value is -4.38. The molecule has 0 saturated heterocycles. The Balaban J connectivity index is 1.66. The highest BCUT2D eigenvalue weighted by atomic mass is 19.1. The van der Waals surface area contributed by atoms with Crippen LogP contribution in [0, 0.1) is 23.0 Å². The van der Waals surface area contributed by atoms with Gasteiger partial charge < -0.3 is 14.0 Å². The molecule has 0 radical (unpaired) electrons. The summed E-state index contributed by atoms with van der Waals surface area (Å²) in [7, 11) is 0. The van der Waals surface area contributed by atoms with Gasteiger partial charge >= 0.3 is 0 Å². The van der Waals surface area contributed by atoms with Crippen molar-refractivity contribution in [1.82, 2.24) is 4.57 Å². The van der Waals surface area contributed by atoms with E-state index in [1.54, 1.807) is 46.1 Å². The average Bonchev–Trinajstić information content (AvgIpc) is 3.55. The number of aromatic nitrogens is 1. The molecule has 1 aliphatic carbocycles. The van der Waals surface area contributed by atoms with E-state index in [-0.39, 0.29) is 23.8 Å². The van der Waals surface area contributed by atoms with Crippen molar-refractivity contribution in [3.63, 3.8) is 0 Å². The molecule has 0 amide bonds. The van der Waals surface area contributed by atoms with E-state index in [1.807, 2.05) is 6.07 Å². The number of allylic oxidation sites excluding steroid dienone is 3. The fourth-order valence-corrected chi connectivity index (χ4v) is 5.12. The summed E-state index contributed by atoms with van der Waals surface area (Å²) >= 11 is 0. The van der Waals surface area contributed by atoms with Gasteiger partial charge in [-0.3, -0.25) is 9.69 Å². The number of carbonyl (C=O) groups excluding carboxylic acids is 1. The minimum atomic E-state index is -0.779. The first-order valence-electron chi connectivity index (χ1n) is 11.3. The summed E-state index contributed by atoms with van der Waals surface area (Å²) in [6, 6.07) is 14.6. The number of halogens is 2. The van der Waals surface area contributed by atoms with Crippen molar-refractivity contribution in [2.75, 3.05) is 11.7 Å². The molecule has 2 aliphatic heterocycles. The number of fused-ring (bicyclic) bond motifs is 1. The van der Waals surface area contributed by atoms with Crippen molar-refractivity contribution in [1.29, 1.82) is 5.26 Å². The monoisotopic (exact) mass is 471 g/mol. The number of ether oxygens (including phenoxy) is 2. The lowest BCUT2D eigenvalue weighted by atomic mass is 9.75. The Morgan fingerprint density at radius 2 is 1.80 bits per heavy atom. The van der Waals surface area contributed by atoms with Gasteiger partial charge in [0.1, 0.15) is 17.5 Å². The minimum absolute atomic E-state index is 0.0780. The molecule has 1 aromatic heterocycles. The number of rotatable bonds is 3. The summed E-state index contributed by atoms with van der Waals surface area (Å²) in [6.07, 6.45) is 4.94. The predicted molar refractivity (Wildman–Crippen MR) is 123 cm³/mol. The minimum Gasteiger partial charge on any atom is -0.454 e. The largest absolute Gasteiger partial charge is 0.454 e. The number of ketones is 1. The fourth-order valence-electron chi connectivity index (χ4n) is 5.12. The molecule has 35 heavy (non-hydrogen) atoms. The molecule has 6 rings (SSSR count). The SMILES string of the molecule is N#CC1=C(n2cccc2)N(c2ccc(F)cc2F)C2=C(C(=O)CCC2)C1c1ccc2c(c1)OCO2. The third kappa shape index (κ3) is 3.31. The van der Waals surface area contributed by atoms with Crippen molar-refractivity contribution >= 4 is 17.3 Å². The van der Waals surface area contributed by atoms with Gasteiger partial charge in [-0.2, -0.15) is 5.26 Å². The van der Waals surface area contributed by atoms with Crippen LogP contribution in [0.15, 0.2) is 77.8 Å². The van der Waals surface area contributed by atoms with Gasteiger partial charge in [0.25, 0.3) is 0 Å². The predicted octanol–water partition coefficient (Wildman–Crippen LogP) is 5.50. The number of hydrogen-bond donors (Lipinski definition) is 0. The van der Waals surface area contributed by atoms with E-state index >= 15 is 4.39 Å². The number of nitrogens with zero attached hydrogens (tertiary/aromatic N) is 3. The summed E-state index contributed by atoms with van der Waals surface area (Å²) in [5, 5.41) is 10.4. The normalized spacial score (nSPS) is 19.2. The van der Waals surface area contributed by atoms with Crippen molar-refractivity contribution in [3.05, 3.63) is 95.0 Å². The van der Waals surface area contributed by atoms with E-state index in [4.69, 9.17) is 9.47 Å². The molecular formula is C27H19F2N3O3. The first-order valence-corrected chi connectivity index (χ1v) is 11.3. The first kappa shape index (κ1) is 21.2. The van der Waals surface area contributed by atoms with Crippen LogP contribution < -0.4 is 14.4 Å². The molecule has 0 saturated carbocycles. The van der Waals surface area contributed by atoms with Crippen LogP contribution in [-0.4, -0.2) is 17.1 Å². The van der Waals surface area contributed by atoms with Crippen molar-refractivity contribution < 1.29 is 23.0 Å². The summed E-state index contributed by atoms with van der Waals surface area (Å²) in [4.78, 5) is 15.0. The van der Waals surface area contributed by atoms with E-state index in [1.165, 1.54) is 12.1 Å². The van der Waals surface area contributed by atoms with Gasteiger partial charge in [0.15, 0.2) is 17.3 Å². The Kier molecular flexibility index (Phi) is 4.92. The third-order valence-corrected chi connectivity index (χ3v) is 6.58. The number of nitriles is 1. The molecule has 0 spiro atoms. The lowest BCUT2D eigenvalue weighted by Gasteiger charge is -2.41. The smallest absolute Gasteiger partial charge is 0.231 e. The van der Waals surface area contributed by atoms with Gasteiger partial charge in [-0.1, -0.05) is 6.07 Å². The molecule has 6 nitrogen and oxygen atoms in total. The molecular weight excluding hydrogens is 452 g/mol.